The summed E-state index contributed by atoms with van der Waals surface area (Å²) in [5.74, 6) is 0.678. The van der Waals surface area contributed by atoms with E-state index in [0.29, 0.717) is 5.82 Å². The molecular formula is C72H44N2O. The summed E-state index contributed by atoms with van der Waals surface area (Å²) < 4.78 is 6.69. The largest absolute Gasteiger partial charge is 0.456 e. The van der Waals surface area contributed by atoms with Crippen LogP contribution in [-0.4, -0.2) is 9.97 Å². The Labute approximate surface area is 434 Å². The van der Waals surface area contributed by atoms with Crippen molar-refractivity contribution in [2.45, 2.75) is 10.8 Å². The molecule has 75 heavy (non-hydrogen) atoms. The minimum atomic E-state index is -0.687. The molecule has 348 valence electrons. The van der Waals surface area contributed by atoms with Crippen molar-refractivity contribution in [1.29, 1.82) is 0 Å². The molecule has 16 rings (SSSR count). The zero-order valence-electron chi connectivity index (χ0n) is 40.7. The molecule has 0 bridgehead atoms. The molecule has 0 N–H and O–H groups in total. The highest BCUT2D eigenvalue weighted by Crippen LogP contribution is 2.68. The minimum Gasteiger partial charge on any atom is -0.456 e. The lowest BCUT2D eigenvalue weighted by Gasteiger charge is -2.48. The van der Waals surface area contributed by atoms with Gasteiger partial charge in [0, 0.05) is 27.5 Å². The summed E-state index contributed by atoms with van der Waals surface area (Å²) in [6, 6.07) is 97.8. The number of rotatable bonds is 5. The maximum absolute atomic E-state index is 6.69. The molecule has 13 aromatic rings. The Morgan fingerprint density at radius 1 is 0.240 bits per heavy atom. The predicted octanol–water partition coefficient (Wildman–Crippen LogP) is 17.8. The molecule has 11 aromatic carbocycles. The second-order valence-corrected chi connectivity index (χ2v) is 20.3. The van der Waals surface area contributed by atoms with Gasteiger partial charge in [-0.15, -0.1) is 0 Å². The standard InChI is InChI=1S/C72H44N2O/c1-3-18-45(19-4-1)46-34-36-48(37-35-46)67-44-66(47-20-5-2-6-21-47)73-70(74-67)51-23-17-22-49(40-51)50-38-39-54-56-43-69-57(55-26-9-16-33-68(55)75-69)42-65(56)72(64(54)41-50)62-31-14-12-29-60(62)71(61-30-13-15-32-63(61)72)58-27-10-7-24-52(58)53-25-8-11-28-59(53)71/h1-44H. The number of hydrogen-bond acceptors (Lipinski definition) is 3. The van der Waals surface area contributed by atoms with Crippen LogP contribution in [0.3, 0.4) is 0 Å². The van der Waals surface area contributed by atoms with Gasteiger partial charge in [-0.1, -0.05) is 231 Å². The van der Waals surface area contributed by atoms with Crippen molar-refractivity contribution in [3.63, 3.8) is 0 Å². The smallest absolute Gasteiger partial charge is 0.160 e. The molecule has 0 radical (unpaired) electrons. The first-order valence-corrected chi connectivity index (χ1v) is 25.9. The van der Waals surface area contributed by atoms with E-state index in [-0.39, 0.29) is 0 Å². The Morgan fingerprint density at radius 2 is 0.680 bits per heavy atom. The van der Waals surface area contributed by atoms with E-state index >= 15 is 0 Å². The van der Waals surface area contributed by atoms with Crippen LogP contribution in [0.1, 0.15) is 44.5 Å². The first kappa shape index (κ1) is 41.9. The number of nitrogens with zero attached hydrogens (tertiary/aromatic N) is 2. The Balaban J connectivity index is 0.917. The van der Waals surface area contributed by atoms with Crippen molar-refractivity contribution in [1.82, 2.24) is 9.97 Å². The van der Waals surface area contributed by atoms with Crippen LogP contribution in [0, 0.1) is 0 Å². The third-order valence-corrected chi connectivity index (χ3v) is 16.6. The molecular weight excluding hydrogens is 909 g/mol. The van der Waals surface area contributed by atoms with E-state index in [1.165, 1.54) is 77.9 Å². The number of benzene rings is 11. The van der Waals surface area contributed by atoms with Crippen molar-refractivity contribution >= 4 is 21.9 Å². The number of hydrogen-bond donors (Lipinski definition) is 0. The van der Waals surface area contributed by atoms with Gasteiger partial charge < -0.3 is 4.42 Å². The van der Waals surface area contributed by atoms with Crippen molar-refractivity contribution in [3.05, 3.63) is 311 Å². The van der Waals surface area contributed by atoms with Gasteiger partial charge in [0.2, 0.25) is 0 Å². The van der Waals surface area contributed by atoms with Crippen molar-refractivity contribution in [3.8, 4) is 78.4 Å². The number of aromatic nitrogens is 2. The van der Waals surface area contributed by atoms with Gasteiger partial charge in [-0.05, 0) is 125 Å². The van der Waals surface area contributed by atoms with Crippen LogP contribution in [-0.2, 0) is 10.8 Å². The second kappa shape index (κ2) is 15.9. The van der Waals surface area contributed by atoms with Crippen LogP contribution in [0.5, 0.6) is 0 Å². The fourth-order valence-corrected chi connectivity index (χ4v) is 13.5. The lowest BCUT2D eigenvalue weighted by atomic mass is 9.52. The van der Waals surface area contributed by atoms with Crippen molar-refractivity contribution in [2.75, 3.05) is 0 Å². The normalized spacial score (nSPS) is 13.8. The molecule has 0 saturated heterocycles. The molecule has 2 spiro atoms. The molecule has 0 amide bonds. The van der Waals surface area contributed by atoms with E-state index in [1.54, 1.807) is 0 Å². The van der Waals surface area contributed by atoms with Crippen LogP contribution < -0.4 is 0 Å². The lowest BCUT2D eigenvalue weighted by molar-refractivity contribution is 0.633. The average molecular weight is 953 g/mol. The van der Waals surface area contributed by atoms with Gasteiger partial charge in [-0.3, -0.25) is 0 Å². The lowest BCUT2D eigenvalue weighted by Crippen LogP contribution is -2.43. The maximum atomic E-state index is 6.69. The average Bonchev–Trinajstić information content (AvgIpc) is 4.33. The zero-order chi connectivity index (χ0) is 49.2. The third kappa shape index (κ3) is 5.86. The number of fused-ring (bicyclic) bond motifs is 19. The molecule has 0 unspecified atom stereocenters. The van der Waals surface area contributed by atoms with Crippen molar-refractivity contribution < 1.29 is 4.42 Å². The predicted molar refractivity (Wildman–Crippen MR) is 305 cm³/mol. The summed E-state index contributed by atoms with van der Waals surface area (Å²) in [7, 11) is 0. The molecule has 3 aliphatic rings. The zero-order valence-corrected chi connectivity index (χ0v) is 40.7. The van der Waals surface area contributed by atoms with Crippen LogP contribution in [0.2, 0.25) is 0 Å². The SMILES string of the molecule is c1ccc(-c2ccc(-c3cc(-c4ccccc4)nc(-c4cccc(-c5ccc6c(c5)C5(c7cc8c(cc7-6)oc6ccccc68)c6ccccc6C6(c7ccccc7-c7ccccc76)c6ccccc65)c4)n3)cc2)cc1. The van der Waals surface area contributed by atoms with Crippen LogP contribution in [0.25, 0.3) is 100 Å². The molecule has 0 fully saturated rings. The van der Waals surface area contributed by atoms with Crippen LogP contribution >= 0.6 is 0 Å². The van der Waals surface area contributed by atoms with Gasteiger partial charge in [0.05, 0.1) is 22.2 Å². The maximum Gasteiger partial charge on any atom is 0.160 e. The monoisotopic (exact) mass is 952 g/mol. The summed E-state index contributed by atoms with van der Waals surface area (Å²) in [6.45, 7) is 0. The summed E-state index contributed by atoms with van der Waals surface area (Å²) >= 11 is 0. The Morgan fingerprint density at radius 3 is 1.33 bits per heavy atom. The Bertz CT molecular complexity index is 4380. The molecule has 0 atom stereocenters. The molecule has 3 nitrogen and oxygen atoms in total. The highest BCUT2D eigenvalue weighted by atomic mass is 16.3. The van der Waals surface area contributed by atoms with Crippen molar-refractivity contribution in [2.24, 2.45) is 0 Å². The number of para-hydroxylation sites is 1. The van der Waals surface area contributed by atoms with Crippen LogP contribution in [0.15, 0.2) is 271 Å². The van der Waals surface area contributed by atoms with E-state index in [4.69, 9.17) is 14.4 Å². The van der Waals surface area contributed by atoms with Gasteiger partial charge in [0.25, 0.3) is 0 Å². The highest BCUT2D eigenvalue weighted by Gasteiger charge is 2.59. The first-order chi connectivity index (χ1) is 37.2. The summed E-state index contributed by atoms with van der Waals surface area (Å²) in [5, 5.41) is 2.25. The van der Waals surface area contributed by atoms with Gasteiger partial charge in [-0.2, -0.15) is 0 Å². The molecule has 2 heterocycles. The van der Waals surface area contributed by atoms with E-state index in [2.05, 4.69) is 261 Å². The van der Waals surface area contributed by atoms with Gasteiger partial charge in [-0.25, -0.2) is 9.97 Å². The van der Waals surface area contributed by atoms with Crippen LogP contribution in [0.4, 0.5) is 0 Å². The van der Waals surface area contributed by atoms with Gasteiger partial charge in [0.15, 0.2) is 5.82 Å². The van der Waals surface area contributed by atoms with E-state index < -0.39 is 10.8 Å². The number of furan rings is 1. The van der Waals surface area contributed by atoms with Gasteiger partial charge >= 0.3 is 0 Å². The molecule has 2 aromatic heterocycles. The molecule has 3 aliphatic carbocycles. The topological polar surface area (TPSA) is 38.9 Å². The fourth-order valence-electron chi connectivity index (χ4n) is 13.5. The summed E-state index contributed by atoms with van der Waals surface area (Å²) in [4.78, 5) is 10.6. The molecule has 0 aliphatic heterocycles. The van der Waals surface area contributed by atoms with Gasteiger partial charge in [0.1, 0.15) is 11.2 Å². The Hall–Kier alpha value is -9.70. The Kier molecular flexibility index (Phi) is 8.88. The fraction of sp³-hybridized carbons (Fsp3) is 0.0278. The quantitative estimate of drug-likeness (QED) is 0.173. The highest BCUT2D eigenvalue weighted by molar-refractivity contribution is 6.08. The molecule has 3 heteroatoms. The second-order valence-electron chi connectivity index (χ2n) is 20.3. The summed E-state index contributed by atoms with van der Waals surface area (Å²) in [6.07, 6.45) is 0. The van der Waals surface area contributed by atoms with E-state index in [9.17, 15) is 0 Å². The minimum absolute atomic E-state index is 0.538. The first-order valence-electron chi connectivity index (χ1n) is 25.9. The molecule has 0 saturated carbocycles. The summed E-state index contributed by atoms with van der Waals surface area (Å²) in [5.41, 5.74) is 25.3. The van der Waals surface area contributed by atoms with E-state index in [1.807, 2.05) is 6.07 Å². The van der Waals surface area contributed by atoms with E-state index in [0.717, 1.165) is 61.1 Å². The third-order valence-electron chi connectivity index (χ3n) is 16.6.